The summed E-state index contributed by atoms with van der Waals surface area (Å²) in [5, 5.41) is 0. The molecule has 5 heteroatoms. The van der Waals surface area contributed by atoms with Crippen LogP contribution in [0.15, 0.2) is 17.0 Å². The molecular formula is C14H24N2O2S. The maximum absolute atomic E-state index is 12.6. The largest absolute Gasteiger partial charge is 0.398 e. The smallest absolute Gasteiger partial charge is 0.243 e. The summed E-state index contributed by atoms with van der Waals surface area (Å²) >= 11 is 0. The van der Waals surface area contributed by atoms with Crippen LogP contribution < -0.4 is 5.73 Å². The van der Waals surface area contributed by atoms with E-state index in [2.05, 4.69) is 6.92 Å². The van der Waals surface area contributed by atoms with Gasteiger partial charge in [-0.15, -0.1) is 0 Å². The van der Waals surface area contributed by atoms with Gasteiger partial charge in [-0.25, -0.2) is 12.7 Å². The quantitative estimate of drug-likeness (QED) is 0.645. The fourth-order valence-corrected chi connectivity index (χ4v) is 3.76. The minimum atomic E-state index is -3.45. The molecule has 0 spiro atoms. The normalized spacial score (nSPS) is 12.1. The van der Waals surface area contributed by atoms with Gasteiger partial charge in [0.05, 0.1) is 4.90 Å². The summed E-state index contributed by atoms with van der Waals surface area (Å²) in [6.07, 6.45) is 2.99. The first kappa shape index (κ1) is 16.0. The van der Waals surface area contributed by atoms with Crippen molar-refractivity contribution in [3.63, 3.8) is 0 Å². The number of hydrogen-bond acceptors (Lipinski definition) is 3. The minimum Gasteiger partial charge on any atom is -0.398 e. The zero-order valence-corrected chi connectivity index (χ0v) is 13.0. The van der Waals surface area contributed by atoms with Crippen LogP contribution >= 0.6 is 0 Å². The van der Waals surface area contributed by atoms with Gasteiger partial charge in [0.25, 0.3) is 0 Å². The number of unbranched alkanes of at least 4 members (excludes halogenated alkanes) is 2. The second-order valence-electron chi connectivity index (χ2n) is 4.96. The van der Waals surface area contributed by atoms with Crippen LogP contribution in [0.1, 0.15) is 37.3 Å². The first-order valence-corrected chi connectivity index (χ1v) is 8.08. The maximum atomic E-state index is 12.6. The average molecular weight is 284 g/mol. The molecule has 0 aliphatic carbocycles. The van der Waals surface area contributed by atoms with Crippen molar-refractivity contribution in [2.45, 2.75) is 44.9 Å². The molecule has 0 aromatic heterocycles. The van der Waals surface area contributed by atoms with Gasteiger partial charge in [-0.3, -0.25) is 0 Å². The first-order valence-electron chi connectivity index (χ1n) is 6.64. The summed E-state index contributed by atoms with van der Waals surface area (Å²) in [6.45, 7) is 6.21. The van der Waals surface area contributed by atoms with E-state index in [1.54, 1.807) is 33.0 Å². The molecule has 0 radical (unpaired) electrons. The van der Waals surface area contributed by atoms with Crippen LogP contribution in [0.4, 0.5) is 5.69 Å². The van der Waals surface area contributed by atoms with E-state index in [0.29, 0.717) is 22.7 Å². The van der Waals surface area contributed by atoms with Crippen molar-refractivity contribution in [2.24, 2.45) is 0 Å². The lowest BCUT2D eigenvalue weighted by Gasteiger charge is -2.20. The summed E-state index contributed by atoms with van der Waals surface area (Å²) < 4.78 is 26.6. The molecule has 0 bridgehead atoms. The van der Waals surface area contributed by atoms with E-state index in [0.717, 1.165) is 24.8 Å². The first-order chi connectivity index (χ1) is 8.82. The molecule has 0 atom stereocenters. The predicted molar refractivity (Wildman–Crippen MR) is 79.7 cm³/mol. The topological polar surface area (TPSA) is 63.4 Å². The third-order valence-electron chi connectivity index (χ3n) is 3.39. The predicted octanol–water partition coefficient (Wildman–Crippen LogP) is 2.70. The Bertz CT molecular complexity index is 539. The zero-order chi connectivity index (χ0) is 14.6. The summed E-state index contributed by atoms with van der Waals surface area (Å²) in [5.74, 6) is 0. The highest BCUT2D eigenvalue weighted by molar-refractivity contribution is 7.89. The number of nitrogens with zero attached hydrogens (tertiary/aromatic N) is 1. The molecule has 1 aromatic carbocycles. The molecule has 0 aliphatic rings. The van der Waals surface area contributed by atoms with Crippen LogP contribution in [-0.2, 0) is 10.0 Å². The lowest BCUT2D eigenvalue weighted by atomic mass is 10.1. The fourth-order valence-electron chi connectivity index (χ4n) is 2.10. The van der Waals surface area contributed by atoms with E-state index < -0.39 is 10.0 Å². The van der Waals surface area contributed by atoms with Crippen LogP contribution in [0.3, 0.4) is 0 Å². The van der Waals surface area contributed by atoms with Gasteiger partial charge >= 0.3 is 0 Å². The second kappa shape index (κ2) is 6.39. The zero-order valence-electron chi connectivity index (χ0n) is 12.2. The van der Waals surface area contributed by atoms with Crippen LogP contribution in [0.5, 0.6) is 0 Å². The Morgan fingerprint density at radius 3 is 2.42 bits per heavy atom. The molecule has 0 saturated carbocycles. The highest BCUT2D eigenvalue weighted by Crippen LogP contribution is 2.27. The van der Waals surface area contributed by atoms with Gasteiger partial charge in [-0.2, -0.15) is 0 Å². The Balaban J connectivity index is 3.10. The Hall–Kier alpha value is -1.07. The Labute approximate surface area is 116 Å². The van der Waals surface area contributed by atoms with E-state index in [9.17, 15) is 8.42 Å². The standard InChI is InChI=1S/C14H24N2O2S/c1-5-6-7-10-16(4)19(17,18)14-11(2)8-9-13(15)12(14)3/h8-9H,5-7,10,15H2,1-4H3. The molecule has 1 rings (SSSR count). The SMILES string of the molecule is CCCCCN(C)S(=O)(=O)c1c(C)ccc(N)c1C. The summed E-state index contributed by atoms with van der Waals surface area (Å²) in [5.41, 5.74) is 7.73. The van der Waals surface area contributed by atoms with Gasteiger partial charge in [0.2, 0.25) is 10.0 Å². The highest BCUT2D eigenvalue weighted by Gasteiger charge is 2.25. The van der Waals surface area contributed by atoms with Gasteiger partial charge in [0.1, 0.15) is 0 Å². The van der Waals surface area contributed by atoms with E-state index in [-0.39, 0.29) is 0 Å². The number of rotatable bonds is 6. The number of sulfonamides is 1. The summed E-state index contributed by atoms with van der Waals surface area (Å²) in [7, 11) is -1.82. The van der Waals surface area contributed by atoms with E-state index in [1.165, 1.54) is 4.31 Å². The summed E-state index contributed by atoms with van der Waals surface area (Å²) in [4.78, 5) is 0.353. The van der Waals surface area contributed by atoms with Gasteiger partial charge in [0, 0.05) is 19.3 Å². The molecule has 2 N–H and O–H groups in total. The molecule has 0 unspecified atom stereocenters. The third-order valence-corrected chi connectivity index (χ3v) is 5.54. The van der Waals surface area contributed by atoms with Crippen LogP contribution in [0.2, 0.25) is 0 Å². The van der Waals surface area contributed by atoms with Crippen LogP contribution in [0.25, 0.3) is 0 Å². The molecule has 1 aromatic rings. The van der Waals surface area contributed by atoms with Gasteiger partial charge < -0.3 is 5.73 Å². The van der Waals surface area contributed by atoms with Crippen molar-refractivity contribution in [2.75, 3.05) is 19.3 Å². The lowest BCUT2D eigenvalue weighted by Crippen LogP contribution is -2.29. The molecule has 19 heavy (non-hydrogen) atoms. The van der Waals surface area contributed by atoms with Crippen molar-refractivity contribution in [1.82, 2.24) is 4.31 Å². The summed E-state index contributed by atoms with van der Waals surface area (Å²) in [6, 6.07) is 3.51. The fraction of sp³-hybridized carbons (Fsp3) is 0.571. The van der Waals surface area contributed by atoms with Gasteiger partial charge in [-0.1, -0.05) is 25.8 Å². The van der Waals surface area contributed by atoms with Crippen molar-refractivity contribution >= 4 is 15.7 Å². The van der Waals surface area contributed by atoms with Crippen LogP contribution in [0, 0.1) is 13.8 Å². The van der Waals surface area contributed by atoms with E-state index >= 15 is 0 Å². The van der Waals surface area contributed by atoms with E-state index in [1.807, 2.05) is 0 Å². The monoisotopic (exact) mass is 284 g/mol. The molecule has 0 saturated heterocycles. The number of benzene rings is 1. The Morgan fingerprint density at radius 1 is 1.21 bits per heavy atom. The molecular weight excluding hydrogens is 260 g/mol. The van der Waals surface area contributed by atoms with Crippen molar-refractivity contribution in [1.29, 1.82) is 0 Å². The van der Waals surface area contributed by atoms with Crippen molar-refractivity contribution < 1.29 is 8.42 Å². The van der Waals surface area contributed by atoms with Crippen molar-refractivity contribution in [3.05, 3.63) is 23.3 Å². The second-order valence-corrected chi connectivity index (χ2v) is 6.94. The lowest BCUT2D eigenvalue weighted by molar-refractivity contribution is 0.453. The van der Waals surface area contributed by atoms with Gasteiger partial charge in [0.15, 0.2) is 0 Å². The molecule has 0 aliphatic heterocycles. The Kier molecular flexibility index (Phi) is 5.38. The Morgan fingerprint density at radius 2 is 1.84 bits per heavy atom. The van der Waals surface area contributed by atoms with Crippen LogP contribution in [-0.4, -0.2) is 26.3 Å². The number of nitrogen functional groups attached to an aromatic ring is 1. The van der Waals surface area contributed by atoms with Gasteiger partial charge in [-0.05, 0) is 37.5 Å². The maximum Gasteiger partial charge on any atom is 0.243 e. The minimum absolute atomic E-state index is 0.353. The van der Waals surface area contributed by atoms with Crippen molar-refractivity contribution in [3.8, 4) is 0 Å². The number of aryl methyl sites for hydroxylation is 1. The molecule has 4 nitrogen and oxygen atoms in total. The molecule has 0 heterocycles. The number of nitrogens with two attached hydrogens (primary N) is 1. The number of hydrogen-bond donors (Lipinski definition) is 1. The molecule has 0 amide bonds. The number of anilines is 1. The molecule has 0 fully saturated rings. The average Bonchev–Trinajstić information content (AvgIpc) is 2.34. The molecule has 108 valence electrons. The highest BCUT2D eigenvalue weighted by atomic mass is 32.2. The van der Waals surface area contributed by atoms with E-state index in [4.69, 9.17) is 5.73 Å². The third kappa shape index (κ3) is 3.48.